The number of carbonyl (C=O) groups is 2. The van der Waals surface area contributed by atoms with Crippen LogP contribution in [-0.2, 0) is 16.1 Å². The number of para-hydroxylation sites is 1. The number of hydrogen-bond donors (Lipinski definition) is 1. The third-order valence-corrected chi connectivity index (χ3v) is 5.44. The Balaban J connectivity index is 1.65. The number of amides is 1. The fourth-order valence-corrected chi connectivity index (χ4v) is 3.56. The minimum atomic E-state index is -0.482. The Morgan fingerprint density at radius 1 is 1.28 bits per heavy atom. The molecule has 0 fully saturated rings. The summed E-state index contributed by atoms with van der Waals surface area (Å²) in [6.45, 7) is 6.13. The van der Waals surface area contributed by atoms with Gasteiger partial charge in [0.15, 0.2) is 6.61 Å². The van der Waals surface area contributed by atoms with Crippen molar-refractivity contribution < 1.29 is 19.1 Å². The summed E-state index contributed by atoms with van der Waals surface area (Å²) in [6.07, 6.45) is 0. The molecule has 0 saturated heterocycles. The first-order chi connectivity index (χ1) is 12.0. The van der Waals surface area contributed by atoms with Crippen LogP contribution in [0.2, 0.25) is 0 Å². The highest BCUT2D eigenvalue weighted by atomic mass is 32.1. The average Bonchev–Trinajstić information content (AvgIpc) is 3.04. The molecule has 0 radical (unpaired) electrons. The molecule has 3 rings (SSSR count). The minimum Gasteiger partial charge on any atom is -0.488 e. The Morgan fingerprint density at radius 3 is 2.80 bits per heavy atom. The number of benzene rings is 1. The van der Waals surface area contributed by atoms with Gasteiger partial charge in [0.1, 0.15) is 17.2 Å². The van der Waals surface area contributed by atoms with E-state index >= 15 is 0 Å². The first-order valence-electron chi connectivity index (χ1n) is 8.27. The van der Waals surface area contributed by atoms with Gasteiger partial charge in [0.2, 0.25) is 0 Å². The molecule has 6 heteroatoms. The van der Waals surface area contributed by atoms with Gasteiger partial charge in [-0.1, -0.05) is 26.0 Å². The van der Waals surface area contributed by atoms with Crippen LogP contribution in [0.1, 0.15) is 36.0 Å². The van der Waals surface area contributed by atoms with Crippen LogP contribution in [0.3, 0.4) is 0 Å². The van der Waals surface area contributed by atoms with Crippen molar-refractivity contribution in [3.8, 4) is 16.2 Å². The zero-order valence-electron chi connectivity index (χ0n) is 14.5. The van der Waals surface area contributed by atoms with Gasteiger partial charge in [0.05, 0.1) is 0 Å². The Kier molecular flexibility index (Phi) is 5.08. The van der Waals surface area contributed by atoms with Crippen molar-refractivity contribution in [1.29, 1.82) is 0 Å². The molecule has 5 nitrogen and oxygen atoms in total. The highest BCUT2D eigenvalue weighted by molar-refractivity contribution is 7.17. The molecule has 0 aliphatic carbocycles. The topological polar surface area (TPSA) is 64.6 Å². The number of carbonyl (C=O) groups excluding carboxylic acids is 2. The van der Waals surface area contributed by atoms with E-state index in [1.54, 1.807) is 6.07 Å². The quantitative estimate of drug-likeness (QED) is 0.828. The second-order valence-corrected chi connectivity index (χ2v) is 7.48. The molecule has 2 heterocycles. The summed E-state index contributed by atoms with van der Waals surface area (Å²) < 4.78 is 10.9. The van der Waals surface area contributed by atoms with Crippen LogP contribution in [0, 0.1) is 5.92 Å². The van der Waals surface area contributed by atoms with Crippen molar-refractivity contribution in [2.75, 3.05) is 6.61 Å². The molecular weight excluding hydrogens is 338 g/mol. The highest BCUT2D eigenvalue weighted by Crippen LogP contribution is 2.42. The number of nitrogens with one attached hydrogen (secondary N) is 1. The van der Waals surface area contributed by atoms with E-state index in [1.165, 1.54) is 11.3 Å². The summed E-state index contributed by atoms with van der Waals surface area (Å²) in [4.78, 5) is 25.6. The van der Waals surface area contributed by atoms with Crippen LogP contribution in [-0.4, -0.2) is 24.5 Å². The van der Waals surface area contributed by atoms with Crippen molar-refractivity contribution in [3.63, 3.8) is 0 Å². The molecular formula is C19H21NO4S. The van der Waals surface area contributed by atoms with E-state index in [1.807, 2.05) is 45.0 Å². The van der Waals surface area contributed by atoms with Crippen LogP contribution in [0.5, 0.6) is 5.75 Å². The lowest BCUT2D eigenvalue weighted by Gasteiger charge is -2.17. The molecule has 1 atom stereocenters. The van der Waals surface area contributed by atoms with Crippen molar-refractivity contribution in [2.45, 2.75) is 33.4 Å². The van der Waals surface area contributed by atoms with Crippen molar-refractivity contribution >= 4 is 23.2 Å². The molecule has 0 spiro atoms. The monoisotopic (exact) mass is 359 g/mol. The molecule has 1 aliphatic heterocycles. The molecule has 1 N–H and O–H groups in total. The van der Waals surface area contributed by atoms with Gasteiger partial charge in [-0.2, -0.15) is 0 Å². The molecule has 1 aliphatic rings. The molecule has 25 heavy (non-hydrogen) atoms. The second-order valence-electron chi connectivity index (χ2n) is 6.43. The molecule has 1 aromatic carbocycles. The maximum atomic E-state index is 12.3. The zero-order valence-corrected chi connectivity index (χ0v) is 15.3. The number of rotatable bonds is 5. The van der Waals surface area contributed by atoms with Gasteiger partial charge in [0.25, 0.3) is 5.91 Å². The Bertz CT molecular complexity index is 796. The summed E-state index contributed by atoms with van der Waals surface area (Å²) in [6, 6.07) is 9.57. The summed E-state index contributed by atoms with van der Waals surface area (Å²) in [5.74, 6) is 0.372. The SMILES string of the molecule is CC(C)[C@H](C)NC(=O)COC(=O)c1cc2c(s1)-c1ccccc1OC2. The van der Waals surface area contributed by atoms with Crippen LogP contribution < -0.4 is 10.1 Å². The third-order valence-electron chi connectivity index (χ3n) is 4.25. The smallest absolute Gasteiger partial charge is 0.348 e. The lowest BCUT2D eigenvalue weighted by atomic mass is 10.1. The lowest BCUT2D eigenvalue weighted by Crippen LogP contribution is -2.38. The van der Waals surface area contributed by atoms with E-state index in [0.29, 0.717) is 17.4 Å². The standard InChI is InChI=1S/C19H21NO4S/c1-11(2)12(3)20-17(21)10-24-19(22)16-8-13-9-23-15-7-5-4-6-14(15)18(13)25-16/h4-8,11-12H,9-10H2,1-3H3,(H,20,21)/t12-/m0/s1. The number of hydrogen-bond acceptors (Lipinski definition) is 5. The highest BCUT2D eigenvalue weighted by Gasteiger charge is 2.23. The number of fused-ring (bicyclic) bond motifs is 3. The van der Waals surface area contributed by atoms with E-state index in [-0.39, 0.29) is 18.6 Å². The predicted octanol–water partition coefficient (Wildman–Crippen LogP) is 3.63. The molecule has 1 aromatic heterocycles. The minimum absolute atomic E-state index is 0.0360. The second kappa shape index (κ2) is 7.27. The maximum Gasteiger partial charge on any atom is 0.348 e. The van der Waals surface area contributed by atoms with E-state index in [9.17, 15) is 9.59 Å². The van der Waals surface area contributed by atoms with Gasteiger partial charge in [0, 0.05) is 22.0 Å². The molecule has 0 unspecified atom stereocenters. The van der Waals surface area contributed by atoms with E-state index in [0.717, 1.165) is 21.8 Å². The number of thiophene rings is 1. The van der Waals surface area contributed by atoms with Gasteiger partial charge >= 0.3 is 5.97 Å². The van der Waals surface area contributed by atoms with E-state index in [2.05, 4.69) is 5.32 Å². The fraction of sp³-hybridized carbons (Fsp3) is 0.368. The Hall–Kier alpha value is -2.34. The first-order valence-corrected chi connectivity index (χ1v) is 9.08. The normalized spacial score (nSPS) is 13.4. The van der Waals surface area contributed by atoms with Crippen molar-refractivity contribution in [2.24, 2.45) is 5.92 Å². The molecule has 2 aromatic rings. The molecule has 1 amide bonds. The largest absolute Gasteiger partial charge is 0.488 e. The average molecular weight is 359 g/mol. The Labute approximate surface area is 151 Å². The summed E-state index contributed by atoms with van der Waals surface area (Å²) in [5.41, 5.74) is 1.95. The summed E-state index contributed by atoms with van der Waals surface area (Å²) in [7, 11) is 0. The van der Waals surface area contributed by atoms with Gasteiger partial charge in [-0.15, -0.1) is 11.3 Å². The van der Waals surface area contributed by atoms with Gasteiger partial charge in [-0.05, 0) is 31.0 Å². The molecule has 132 valence electrons. The van der Waals surface area contributed by atoms with Crippen molar-refractivity contribution in [1.82, 2.24) is 5.32 Å². The third kappa shape index (κ3) is 3.85. The van der Waals surface area contributed by atoms with Gasteiger partial charge in [-0.25, -0.2) is 4.79 Å². The fourth-order valence-electron chi connectivity index (χ4n) is 2.46. The van der Waals surface area contributed by atoms with Crippen LogP contribution in [0.25, 0.3) is 10.4 Å². The summed E-state index contributed by atoms with van der Waals surface area (Å²) >= 11 is 1.37. The molecule has 0 bridgehead atoms. The predicted molar refractivity (Wildman–Crippen MR) is 96.8 cm³/mol. The van der Waals surface area contributed by atoms with E-state index in [4.69, 9.17) is 9.47 Å². The zero-order chi connectivity index (χ0) is 18.0. The number of esters is 1. The summed E-state index contributed by atoms with van der Waals surface area (Å²) in [5, 5.41) is 2.82. The first kappa shape index (κ1) is 17.5. The number of ether oxygens (including phenoxy) is 2. The maximum absolute atomic E-state index is 12.3. The Morgan fingerprint density at radius 2 is 2.04 bits per heavy atom. The van der Waals surface area contributed by atoms with Crippen LogP contribution >= 0.6 is 11.3 Å². The van der Waals surface area contributed by atoms with E-state index < -0.39 is 5.97 Å². The van der Waals surface area contributed by atoms with Crippen LogP contribution in [0.15, 0.2) is 30.3 Å². The van der Waals surface area contributed by atoms with Crippen LogP contribution in [0.4, 0.5) is 0 Å². The molecule has 0 saturated carbocycles. The lowest BCUT2D eigenvalue weighted by molar-refractivity contribution is -0.125. The van der Waals surface area contributed by atoms with Gasteiger partial charge in [-0.3, -0.25) is 4.79 Å². The van der Waals surface area contributed by atoms with Gasteiger partial charge < -0.3 is 14.8 Å². The van der Waals surface area contributed by atoms with Crippen molar-refractivity contribution in [3.05, 3.63) is 40.8 Å².